The number of carbonyl (C=O) groups excluding carboxylic acids is 1. The molecule has 7 heteroatoms. The van der Waals surface area contributed by atoms with Gasteiger partial charge in [-0.15, -0.1) is 0 Å². The zero-order valence-electron chi connectivity index (χ0n) is 15.5. The molecule has 4 aromatic rings. The van der Waals surface area contributed by atoms with Gasteiger partial charge in [0.2, 0.25) is 0 Å². The van der Waals surface area contributed by atoms with E-state index >= 15 is 0 Å². The lowest BCUT2D eigenvalue weighted by molar-refractivity contribution is 0.259. The Morgan fingerprint density at radius 1 is 1.07 bits per heavy atom. The standard InChI is InChI=1S/C22H17IN4O2/c1-14-19(21(28)27(26-14)17-11-9-16(23)10-12-17)13-24-22(29)25-20-8-4-6-15-5-2-3-7-18(15)20/h2-13,26H,1H3,(H,25,29)/b24-13+. The number of hydrogen-bond donors (Lipinski definition) is 2. The van der Waals surface area contributed by atoms with Crippen molar-refractivity contribution in [3.05, 3.63) is 91.9 Å². The van der Waals surface area contributed by atoms with Crippen molar-refractivity contribution in [2.45, 2.75) is 6.92 Å². The highest BCUT2D eigenvalue weighted by Crippen LogP contribution is 2.23. The third-order valence-electron chi connectivity index (χ3n) is 4.54. The minimum atomic E-state index is -0.540. The highest BCUT2D eigenvalue weighted by molar-refractivity contribution is 14.1. The van der Waals surface area contributed by atoms with E-state index in [1.165, 1.54) is 10.9 Å². The fourth-order valence-corrected chi connectivity index (χ4v) is 3.45. The highest BCUT2D eigenvalue weighted by atomic mass is 127. The molecular formula is C22H17IN4O2. The first-order chi connectivity index (χ1) is 14.0. The van der Waals surface area contributed by atoms with E-state index in [0.29, 0.717) is 16.9 Å². The second-order valence-electron chi connectivity index (χ2n) is 6.48. The summed E-state index contributed by atoms with van der Waals surface area (Å²) in [5.41, 5.74) is 2.11. The number of aryl methyl sites for hydroxylation is 1. The number of rotatable bonds is 3. The predicted molar refractivity (Wildman–Crippen MR) is 124 cm³/mol. The molecule has 0 aliphatic carbocycles. The molecule has 0 aliphatic rings. The second-order valence-corrected chi connectivity index (χ2v) is 7.73. The number of nitrogens with one attached hydrogen (secondary N) is 2. The van der Waals surface area contributed by atoms with Crippen LogP contribution in [-0.4, -0.2) is 22.0 Å². The Labute approximate surface area is 180 Å². The Balaban J connectivity index is 1.58. The van der Waals surface area contributed by atoms with Crippen LogP contribution in [0.4, 0.5) is 10.5 Å². The molecule has 29 heavy (non-hydrogen) atoms. The summed E-state index contributed by atoms with van der Waals surface area (Å²) in [6.07, 6.45) is 1.30. The molecule has 1 heterocycles. The van der Waals surface area contributed by atoms with Gasteiger partial charge in [0.15, 0.2) is 0 Å². The SMILES string of the molecule is Cc1[nH]n(-c2ccc(I)cc2)c(=O)c1/C=N/C(=O)Nc1cccc2ccccc12. The minimum absolute atomic E-state index is 0.259. The Hall–Kier alpha value is -3.20. The maximum Gasteiger partial charge on any atom is 0.345 e. The molecule has 0 saturated heterocycles. The zero-order valence-corrected chi connectivity index (χ0v) is 17.7. The van der Waals surface area contributed by atoms with Crippen LogP contribution in [0.15, 0.2) is 76.5 Å². The third kappa shape index (κ3) is 4.00. The lowest BCUT2D eigenvalue weighted by Crippen LogP contribution is -2.17. The second kappa shape index (κ2) is 8.04. The molecule has 0 saturated carbocycles. The summed E-state index contributed by atoms with van der Waals surface area (Å²) in [6.45, 7) is 1.77. The number of urea groups is 1. The van der Waals surface area contributed by atoms with Crippen molar-refractivity contribution in [2.75, 3.05) is 5.32 Å². The first-order valence-electron chi connectivity index (χ1n) is 8.93. The van der Waals surface area contributed by atoms with Crippen LogP contribution in [0.1, 0.15) is 11.3 Å². The molecule has 0 spiro atoms. The van der Waals surface area contributed by atoms with Crippen LogP contribution in [0, 0.1) is 10.5 Å². The van der Waals surface area contributed by atoms with Gasteiger partial charge < -0.3 is 5.32 Å². The number of fused-ring (bicyclic) bond motifs is 1. The largest absolute Gasteiger partial charge is 0.345 e. The van der Waals surface area contributed by atoms with E-state index in [2.05, 4.69) is 38.0 Å². The summed E-state index contributed by atoms with van der Waals surface area (Å²) in [4.78, 5) is 29.0. The van der Waals surface area contributed by atoms with E-state index in [1.807, 2.05) is 66.7 Å². The fourth-order valence-electron chi connectivity index (χ4n) is 3.09. The molecule has 4 rings (SSSR count). The highest BCUT2D eigenvalue weighted by Gasteiger charge is 2.11. The van der Waals surface area contributed by atoms with Crippen LogP contribution in [-0.2, 0) is 0 Å². The van der Waals surface area contributed by atoms with Crippen LogP contribution in [0.5, 0.6) is 0 Å². The van der Waals surface area contributed by atoms with Gasteiger partial charge in [0.05, 0.1) is 16.9 Å². The Bertz CT molecular complexity index is 1280. The summed E-state index contributed by atoms with van der Waals surface area (Å²) in [7, 11) is 0. The van der Waals surface area contributed by atoms with E-state index < -0.39 is 6.03 Å². The van der Waals surface area contributed by atoms with E-state index in [9.17, 15) is 9.59 Å². The molecule has 0 atom stereocenters. The minimum Gasteiger partial charge on any atom is -0.305 e. The molecule has 3 aromatic carbocycles. The number of nitrogens with zero attached hydrogens (tertiary/aromatic N) is 2. The Morgan fingerprint density at radius 2 is 1.79 bits per heavy atom. The van der Waals surface area contributed by atoms with Gasteiger partial charge in [-0.25, -0.2) is 14.5 Å². The van der Waals surface area contributed by atoms with Crippen molar-refractivity contribution in [2.24, 2.45) is 4.99 Å². The molecule has 0 fully saturated rings. The van der Waals surface area contributed by atoms with Crippen molar-refractivity contribution in [1.82, 2.24) is 9.78 Å². The van der Waals surface area contributed by atoms with Gasteiger partial charge in [-0.05, 0) is 65.2 Å². The Morgan fingerprint density at radius 3 is 2.59 bits per heavy atom. The summed E-state index contributed by atoms with van der Waals surface area (Å²) in [5.74, 6) is 0. The molecule has 0 unspecified atom stereocenters. The molecule has 0 radical (unpaired) electrons. The average Bonchev–Trinajstić information content (AvgIpc) is 3.01. The lowest BCUT2D eigenvalue weighted by Gasteiger charge is -2.06. The first-order valence-corrected chi connectivity index (χ1v) is 10.0. The third-order valence-corrected chi connectivity index (χ3v) is 5.26. The van der Waals surface area contributed by atoms with E-state index in [1.54, 1.807) is 6.92 Å². The number of hydrogen-bond acceptors (Lipinski definition) is 2. The number of carbonyl (C=O) groups is 1. The van der Waals surface area contributed by atoms with Crippen molar-refractivity contribution in [3.63, 3.8) is 0 Å². The molecule has 6 nitrogen and oxygen atoms in total. The van der Waals surface area contributed by atoms with Gasteiger partial charge in [-0.1, -0.05) is 36.4 Å². The van der Waals surface area contributed by atoms with Gasteiger partial charge in [0.25, 0.3) is 5.56 Å². The van der Waals surface area contributed by atoms with Crippen molar-refractivity contribution in [1.29, 1.82) is 0 Å². The molecule has 2 amide bonds. The van der Waals surface area contributed by atoms with E-state index in [4.69, 9.17) is 0 Å². The molecule has 144 valence electrons. The summed E-state index contributed by atoms with van der Waals surface area (Å²) < 4.78 is 2.52. The monoisotopic (exact) mass is 496 g/mol. The summed E-state index contributed by atoms with van der Waals surface area (Å²) in [5, 5.41) is 7.76. The summed E-state index contributed by atoms with van der Waals surface area (Å²) >= 11 is 2.21. The van der Waals surface area contributed by atoms with E-state index in [-0.39, 0.29) is 5.56 Å². The normalized spacial score (nSPS) is 11.2. The van der Waals surface area contributed by atoms with Crippen molar-refractivity contribution >= 4 is 51.3 Å². The van der Waals surface area contributed by atoms with Crippen LogP contribution < -0.4 is 10.9 Å². The molecule has 1 aromatic heterocycles. The number of aromatic amines is 1. The van der Waals surface area contributed by atoms with Crippen LogP contribution in [0.3, 0.4) is 0 Å². The average molecular weight is 496 g/mol. The Kier molecular flexibility index (Phi) is 5.30. The van der Waals surface area contributed by atoms with Gasteiger partial charge in [-0.3, -0.25) is 9.89 Å². The van der Waals surface area contributed by atoms with Crippen molar-refractivity contribution < 1.29 is 4.79 Å². The van der Waals surface area contributed by atoms with Crippen LogP contribution >= 0.6 is 22.6 Å². The van der Waals surface area contributed by atoms with Gasteiger partial charge in [0.1, 0.15) is 0 Å². The zero-order chi connectivity index (χ0) is 20.4. The number of H-pyrrole nitrogens is 1. The first kappa shape index (κ1) is 19.1. The van der Waals surface area contributed by atoms with Crippen molar-refractivity contribution in [3.8, 4) is 5.69 Å². The maximum absolute atomic E-state index is 12.7. The number of amides is 2. The number of anilines is 1. The van der Waals surface area contributed by atoms with E-state index in [0.717, 1.165) is 20.0 Å². The molecule has 2 N–H and O–H groups in total. The number of aromatic nitrogens is 2. The number of aliphatic imine (C=N–C) groups is 1. The van der Waals surface area contributed by atoms with Crippen LogP contribution in [0.25, 0.3) is 16.5 Å². The van der Waals surface area contributed by atoms with Crippen LogP contribution in [0.2, 0.25) is 0 Å². The molecule has 0 bridgehead atoms. The molecule has 0 aliphatic heterocycles. The summed E-state index contributed by atoms with van der Waals surface area (Å²) in [6, 6.07) is 20.4. The maximum atomic E-state index is 12.7. The number of halogens is 1. The topological polar surface area (TPSA) is 79.2 Å². The molecular weight excluding hydrogens is 479 g/mol. The predicted octanol–water partition coefficient (Wildman–Crippen LogP) is 4.88. The quantitative estimate of drug-likeness (QED) is 0.313. The fraction of sp³-hybridized carbons (Fsp3) is 0.0455. The number of benzene rings is 3. The van der Waals surface area contributed by atoms with Gasteiger partial charge >= 0.3 is 6.03 Å². The lowest BCUT2D eigenvalue weighted by atomic mass is 10.1. The smallest absolute Gasteiger partial charge is 0.305 e. The van der Waals surface area contributed by atoms with Gasteiger partial charge in [0, 0.05) is 20.9 Å². The van der Waals surface area contributed by atoms with Gasteiger partial charge in [-0.2, -0.15) is 0 Å².